The van der Waals surface area contributed by atoms with Crippen LogP contribution in [0.2, 0.25) is 0 Å². The van der Waals surface area contributed by atoms with Crippen molar-refractivity contribution in [3.8, 4) is 0 Å². The molecule has 1 aliphatic heterocycles. The Hall–Kier alpha value is -1.80. The van der Waals surface area contributed by atoms with E-state index in [-0.39, 0.29) is 5.91 Å². The van der Waals surface area contributed by atoms with Crippen molar-refractivity contribution in [3.05, 3.63) is 28.0 Å². The van der Waals surface area contributed by atoms with Gasteiger partial charge in [-0.1, -0.05) is 17.8 Å². The molecule has 3 rings (SSSR count). The molecule has 3 heterocycles. The summed E-state index contributed by atoms with van der Waals surface area (Å²) in [6.07, 6.45) is 1.80. The van der Waals surface area contributed by atoms with E-state index in [9.17, 15) is 4.79 Å². The molecule has 0 saturated carbocycles. The number of carbonyl (C=O) groups is 1. The minimum absolute atomic E-state index is 0.0941. The summed E-state index contributed by atoms with van der Waals surface area (Å²) in [5.74, 6) is 0.0941. The summed E-state index contributed by atoms with van der Waals surface area (Å²) in [4.78, 5) is 17.8. The molecule has 0 unspecified atom stereocenters. The maximum atomic E-state index is 12.7. The van der Waals surface area contributed by atoms with Gasteiger partial charge in [0, 0.05) is 38.4 Å². The molecule has 0 radical (unpaired) electrons. The van der Waals surface area contributed by atoms with Crippen LogP contribution in [0.1, 0.15) is 40.1 Å². The molecular formula is C17H26N6OS. The van der Waals surface area contributed by atoms with E-state index in [2.05, 4.69) is 44.2 Å². The van der Waals surface area contributed by atoms with Crippen LogP contribution < -0.4 is 0 Å². The molecule has 7 nitrogen and oxygen atoms in total. The maximum absolute atomic E-state index is 12.7. The van der Waals surface area contributed by atoms with Crippen molar-refractivity contribution in [1.29, 1.82) is 0 Å². The predicted octanol–water partition coefficient (Wildman–Crippen LogP) is 1.76. The molecule has 0 aliphatic carbocycles. The first kappa shape index (κ1) is 18.0. The van der Waals surface area contributed by atoms with Crippen LogP contribution in [0.15, 0.2) is 6.07 Å². The van der Waals surface area contributed by atoms with Gasteiger partial charge in [-0.15, -0.1) is 5.10 Å². The van der Waals surface area contributed by atoms with Gasteiger partial charge in [-0.05, 0) is 37.9 Å². The lowest BCUT2D eigenvalue weighted by atomic mass is 10.2. The Morgan fingerprint density at radius 3 is 2.60 bits per heavy atom. The van der Waals surface area contributed by atoms with Crippen LogP contribution in [0.3, 0.4) is 0 Å². The van der Waals surface area contributed by atoms with Crippen molar-refractivity contribution >= 4 is 17.4 Å². The molecule has 0 aromatic carbocycles. The summed E-state index contributed by atoms with van der Waals surface area (Å²) < 4.78 is 6.03. The molecule has 1 aliphatic rings. The number of aryl methyl sites for hydroxylation is 3. The van der Waals surface area contributed by atoms with Crippen molar-refractivity contribution in [3.63, 3.8) is 0 Å². The smallest absolute Gasteiger partial charge is 0.267 e. The van der Waals surface area contributed by atoms with Crippen molar-refractivity contribution < 1.29 is 4.79 Å². The zero-order valence-corrected chi connectivity index (χ0v) is 16.1. The first-order chi connectivity index (χ1) is 12.1. The predicted molar refractivity (Wildman–Crippen MR) is 97.9 cm³/mol. The van der Waals surface area contributed by atoms with E-state index in [1.165, 1.54) is 17.2 Å². The van der Waals surface area contributed by atoms with Crippen LogP contribution in [0, 0.1) is 13.8 Å². The second-order valence-corrected chi connectivity index (χ2v) is 7.34. The summed E-state index contributed by atoms with van der Waals surface area (Å²) in [6, 6.07) is 2.10. The highest BCUT2D eigenvalue weighted by Crippen LogP contribution is 2.17. The van der Waals surface area contributed by atoms with E-state index in [1.807, 2.05) is 11.8 Å². The largest absolute Gasteiger partial charge is 0.335 e. The van der Waals surface area contributed by atoms with Crippen molar-refractivity contribution in [2.75, 3.05) is 32.7 Å². The van der Waals surface area contributed by atoms with Crippen LogP contribution in [0.4, 0.5) is 0 Å². The third-order valence-corrected chi connectivity index (χ3v) is 5.38. The molecular weight excluding hydrogens is 336 g/mol. The third kappa shape index (κ3) is 4.24. The van der Waals surface area contributed by atoms with Gasteiger partial charge in [0.15, 0.2) is 0 Å². The number of nitrogens with zero attached hydrogens (tertiary/aromatic N) is 6. The Bertz CT molecular complexity index is 717. The van der Waals surface area contributed by atoms with E-state index in [4.69, 9.17) is 0 Å². The Balaban J connectivity index is 1.50. The molecule has 0 atom stereocenters. The summed E-state index contributed by atoms with van der Waals surface area (Å²) in [5, 5.41) is 8.62. The van der Waals surface area contributed by atoms with Crippen molar-refractivity contribution in [2.24, 2.45) is 0 Å². The Kier molecular flexibility index (Phi) is 5.80. The molecule has 0 N–H and O–H groups in total. The highest BCUT2D eigenvalue weighted by atomic mass is 32.1. The van der Waals surface area contributed by atoms with Gasteiger partial charge in [0.05, 0.1) is 17.9 Å². The topological polar surface area (TPSA) is 67.2 Å². The molecule has 1 fully saturated rings. The first-order valence-electron chi connectivity index (χ1n) is 8.92. The van der Waals surface area contributed by atoms with Crippen LogP contribution in [-0.4, -0.2) is 67.8 Å². The van der Waals surface area contributed by atoms with E-state index < -0.39 is 0 Å². The number of rotatable bonds is 6. The quantitative estimate of drug-likeness (QED) is 0.783. The molecule has 0 spiro atoms. The average molecular weight is 363 g/mol. The molecule has 2 aromatic rings. The van der Waals surface area contributed by atoms with Crippen molar-refractivity contribution in [2.45, 2.75) is 40.2 Å². The highest BCUT2D eigenvalue weighted by molar-refractivity contribution is 7.08. The molecule has 2 aromatic heterocycles. The fourth-order valence-electron chi connectivity index (χ4n) is 3.23. The third-order valence-electron chi connectivity index (χ3n) is 4.63. The SMILES string of the molecule is CCCc1nnsc1C(=O)N1CCN(CCn2nc(C)cc2C)CC1. The molecule has 1 saturated heterocycles. The summed E-state index contributed by atoms with van der Waals surface area (Å²) in [7, 11) is 0. The second kappa shape index (κ2) is 8.05. The van der Waals surface area contributed by atoms with Gasteiger partial charge in [-0.3, -0.25) is 14.4 Å². The minimum atomic E-state index is 0.0941. The van der Waals surface area contributed by atoms with Gasteiger partial charge in [-0.25, -0.2) is 0 Å². The van der Waals surface area contributed by atoms with E-state index in [0.717, 1.165) is 68.4 Å². The fraction of sp³-hybridized carbons (Fsp3) is 0.647. The lowest BCUT2D eigenvalue weighted by Gasteiger charge is -2.34. The average Bonchev–Trinajstić information content (AvgIpc) is 3.19. The van der Waals surface area contributed by atoms with Gasteiger partial charge in [-0.2, -0.15) is 5.10 Å². The normalized spacial score (nSPS) is 15.7. The first-order valence-corrected chi connectivity index (χ1v) is 9.69. The van der Waals surface area contributed by atoms with E-state index in [1.54, 1.807) is 0 Å². The van der Waals surface area contributed by atoms with Gasteiger partial charge >= 0.3 is 0 Å². The monoisotopic (exact) mass is 362 g/mol. The lowest BCUT2D eigenvalue weighted by Crippen LogP contribution is -2.49. The standard InChI is InChI=1S/C17H26N6OS/c1-4-5-15-16(25-20-18-15)17(24)22-9-6-21(7-10-22)8-11-23-14(3)12-13(2)19-23/h12H,4-11H2,1-3H3. The minimum Gasteiger partial charge on any atom is -0.335 e. The maximum Gasteiger partial charge on any atom is 0.267 e. The summed E-state index contributed by atoms with van der Waals surface area (Å²) in [6.45, 7) is 11.4. The van der Waals surface area contributed by atoms with Gasteiger partial charge in [0.25, 0.3) is 5.91 Å². The van der Waals surface area contributed by atoms with Crippen molar-refractivity contribution in [1.82, 2.24) is 29.2 Å². The number of amides is 1. The second-order valence-electron chi connectivity index (χ2n) is 6.58. The molecule has 25 heavy (non-hydrogen) atoms. The van der Waals surface area contributed by atoms with Gasteiger partial charge in [0.1, 0.15) is 4.88 Å². The number of carbonyl (C=O) groups excluding carboxylic acids is 1. The van der Waals surface area contributed by atoms with Crippen LogP contribution >= 0.6 is 11.5 Å². The number of aromatic nitrogens is 4. The lowest BCUT2D eigenvalue weighted by molar-refractivity contribution is 0.0635. The molecule has 0 bridgehead atoms. The van der Waals surface area contributed by atoms with Gasteiger partial charge in [0.2, 0.25) is 0 Å². The number of piperazine rings is 1. The molecule has 8 heteroatoms. The van der Waals surface area contributed by atoms with Gasteiger partial charge < -0.3 is 4.90 Å². The summed E-state index contributed by atoms with van der Waals surface area (Å²) >= 11 is 1.23. The van der Waals surface area contributed by atoms with E-state index in [0.29, 0.717) is 0 Å². The zero-order chi connectivity index (χ0) is 17.8. The van der Waals surface area contributed by atoms with Crippen LogP contribution in [-0.2, 0) is 13.0 Å². The van der Waals surface area contributed by atoms with E-state index >= 15 is 0 Å². The fourth-order valence-corrected chi connectivity index (χ4v) is 3.90. The Labute approximate surface area is 152 Å². The summed E-state index contributed by atoms with van der Waals surface area (Å²) in [5.41, 5.74) is 3.12. The molecule has 1 amide bonds. The Morgan fingerprint density at radius 1 is 1.20 bits per heavy atom. The molecule has 136 valence electrons. The number of hydrogen-bond donors (Lipinski definition) is 0. The highest BCUT2D eigenvalue weighted by Gasteiger charge is 2.25. The van der Waals surface area contributed by atoms with Crippen LogP contribution in [0.25, 0.3) is 0 Å². The zero-order valence-electron chi connectivity index (χ0n) is 15.2. The number of hydrogen-bond acceptors (Lipinski definition) is 6. The van der Waals surface area contributed by atoms with Crippen LogP contribution in [0.5, 0.6) is 0 Å². The Morgan fingerprint density at radius 2 is 1.96 bits per heavy atom.